The number of benzene rings is 1. The molecule has 1 saturated carbocycles. The van der Waals surface area contributed by atoms with Crippen molar-refractivity contribution in [2.75, 3.05) is 5.32 Å². The number of anilines is 1. The highest BCUT2D eigenvalue weighted by atomic mass is 32.2. The molecular formula is C16H20N2O3S. The molecular weight excluding hydrogens is 300 g/mol. The fraction of sp³-hybridized carbons (Fsp3) is 0.438. The highest BCUT2D eigenvalue weighted by Crippen LogP contribution is 2.30. The molecule has 1 aliphatic carbocycles. The molecule has 0 bridgehead atoms. The Hall–Kier alpha value is -1.82. The van der Waals surface area contributed by atoms with Crippen LogP contribution in [0.25, 0.3) is 0 Å². The molecule has 1 heterocycles. The molecule has 3 rings (SSSR count). The number of hydrogen-bond acceptors (Lipinski definition) is 5. The maximum absolute atomic E-state index is 12.5. The van der Waals surface area contributed by atoms with E-state index in [4.69, 9.17) is 4.52 Å². The van der Waals surface area contributed by atoms with Crippen LogP contribution < -0.4 is 5.32 Å². The van der Waals surface area contributed by atoms with Crippen LogP contribution in [0.3, 0.4) is 0 Å². The van der Waals surface area contributed by atoms with Crippen LogP contribution in [-0.2, 0) is 16.4 Å². The van der Waals surface area contributed by atoms with Crippen LogP contribution in [0.2, 0.25) is 0 Å². The third-order valence-corrected chi connectivity index (χ3v) is 6.35. The van der Waals surface area contributed by atoms with Gasteiger partial charge in [-0.2, -0.15) is 0 Å². The van der Waals surface area contributed by atoms with E-state index in [1.54, 1.807) is 24.3 Å². The average molecular weight is 320 g/mol. The predicted octanol–water partition coefficient (Wildman–Crippen LogP) is 3.31. The number of hydrogen-bond donors (Lipinski definition) is 1. The van der Waals surface area contributed by atoms with Crippen LogP contribution in [0, 0.1) is 6.92 Å². The van der Waals surface area contributed by atoms with Crippen LogP contribution in [0.1, 0.15) is 37.1 Å². The summed E-state index contributed by atoms with van der Waals surface area (Å²) in [6.07, 6.45) is 3.60. The van der Waals surface area contributed by atoms with Gasteiger partial charge in [-0.15, -0.1) is 0 Å². The summed E-state index contributed by atoms with van der Waals surface area (Å²) in [5.41, 5.74) is 1.69. The van der Waals surface area contributed by atoms with Crippen molar-refractivity contribution in [1.29, 1.82) is 0 Å². The Labute approximate surface area is 130 Å². The van der Waals surface area contributed by atoms with Crippen LogP contribution >= 0.6 is 0 Å². The van der Waals surface area contributed by atoms with Gasteiger partial charge >= 0.3 is 0 Å². The van der Waals surface area contributed by atoms with Crippen molar-refractivity contribution in [3.8, 4) is 0 Å². The molecule has 22 heavy (non-hydrogen) atoms. The summed E-state index contributed by atoms with van der Waals surface area (Å²) in [4.78, 5) is 0.419. The second-order valence-electron chi connectivity index (χ2n) is 5.76. The number of sulfone groups is 1. The van der Waals surface area contributed by atoms with Gasteiger partial charge in [0.1, 0.15) is 11.5 Å². The van der Waals surface area contributed by atoms with E-state index in [0.717, 1.165) is 42.8 Å². The minimum Gasteiger partial charge on any atom is -0.379 e. The second kappa shape index (κ2) is 6.12. The van der Waals surface area contributed by atoms with E-state index in [1.807, 2.05) is 13.0 Å². The standard InChI is InChI=1S/C16H20N2O3S/c1-12-10-14(18-21-12)11-17-13-6-8-16(9-7-13)22(19,20)15-4-2-3-5-15/h6-10,15,17H,2-5,11H2,1H3. The molecule has 0 atom stereocenters. The van der Waals surface area contributed by atoms with E-state index in [0.29, 0.717) is 11.4 Å². The number of aromatic nitrogens is 1. The summed E-state index contributed by atoms with van der Waals surface area (Å²) in [6.45, 7) is 2.39. The fourth-order valence-electron chi connectivity index (χ4n) is 2.85. The summed E-state index contributed by atoms with van der Waals surface area (Å²) >= 11 is 0. The van der Waals surface area contributed by atoms with Gasteiger partial charge in [-0.05, 0) is 44.0 Å². The molecule has 0 radical (unpaired) electrons. The molecule has 1 aliphatic rings. The minimum atomic E-state index is -3.17. The Morgan fingerprint density at radius 3 is 2.50 bits per heavy atom. The number of aryl methyl sites for hydroxylation is 1. The minimum absolute atomic E-state index is 0.204. The van der Waals surface area contributed by atoms with Gasteiger partial charge in [0.25, 0.3) is 0 Å². The van der Waals surface area contributed by atoms with Gasteiger partial charge in [-0.25, -0.2) is 8.42 Å². The average Bonchev–Trinajstić information content (AvgIpc) is 3.17. The fourth-order valence-corrected chi connectivity index (χ4v) is 4.70. The summed E-state index contributed by atoms with van der Waals surface area (Å²) in [6, 6.07) is 8.84. The Morgan fingerprint density at radius 1 is 1.23 bits per heavy atom. The molecule has 1 aromatic carbocycles. The first kappa shape index (κ1) is 15.1. The molecule has 0 amide bonds. The third kappa shape index (κ3) is 3.16. The van der Waals surface area contributed by atoms with E-state index >= 15 is 0 Å². The maximum Gasteiger partial charge on any atom is 0.181 e. The molecule has 1 N–H and O–H groups in total. The molecule has 5 nitrogen and oxygen atoms in total. The quantitative estimate of drug-likeness (QED) is 0.915. The summed E-state index contributed by atoms with van der Waals surface area (Å²) in [7, 11) is -3.17. The lowest BCUT2D eigenvalue weighted by Gasteiger charge is -2.12. The predicted molar refractivity (Wildman–Crippen MR) is 84.5 cm³/mol. The van der Waals surface area contributed by atoms with Crippen molar-refractivity contribution >= 4 is 15.5 Å². The van der Waals surface area contributed by atoms with Gasteiger partial charge in [0.15, 0.2) is 9.84 Å². The molecule has 2 aromatic rings. The molecule has 0 unspecified atom stereocenters. The number of nitrogens with zero attached hydrogens (tertiary/aromatic N) is 1. The van der Waals surface area contributed by atoms with E-state index in [9.17, 15) is 8.42 Å². The molecule has 118 valence electrons. The number of rotatable bonds is 5. The van der Waals surface area contributed by atoms with Crippen LogP contribution in [-0.4, -0.2) is 18.8 Å². The van der Waals surface area contributed by atoms with Crippen molar-refractivity contribution in [1.82, 2.24) is 5.16 Å². The van der Waals surface area contributed by atoms with E-state index in [2.05, 4.69) is 10.5 Å². The topological polar surface area (TPSA) is 72.2 Å². The highest BCUT2D eigenvalue weighted by Gasteiger charge is 2.29. The Bertz CT molecular complexity index is 729. The normalized spacial score (nSPS) is 16.0. The number of nitrogens with one attached hydrogen (secondary N) is 1. The van der Waals surface area contributed by atoms with Crippen LogP contribution in [0.4, 0.5) is 5.69 Å². The second-order valence-corrected chi connectivity index (χ2v) is 7.99. The van der Waals surface area contributed by atoms with E-state index in [1.165, 1.54) is 0 Å². The van der Waals surface area contributed by atoms with Crippen molar-refractivity contribution in [3.63, 3.8) is 0 Å². The van der Waals surface area contributed by atoms with Gasteiger partial charge in [0, 0.05) is 11.8 Å². The molecule has 6 heteroatoms. The van der Waals surface area contributed by atoms with Crippen LogP contribution in [0.15, 0.2) is 39.8 Å². The summed E-state index contributed by atoms with van der Waals surface area (Å²) < 4.78 is 30.0. The lowest BCUT2D eigenvalue weighted by molar-refractivity contribution is 0.391. The Balaban J connectivity index is 1.67. The lowest BCUT2D eigenvalue weighted by Crippen LogP contribution is -2.17. The largest absolute Gasteiger partial charge is 0.379 e. The van der Waals surface area contributed by atoms with Crippen LogP contribution in [0.5, 0.6) is 0 Å². The zero-order chi connectivity index (χ0) is 15.6. The molecule has 0 saturated heterocycles. The first-order chi connectivity index (χ1) is 10.6. The van der Waals surface area contributed by atoms with Gasteiger partial charge in [-0.1, -0.05) is 18.0 Å². The zero-order valence-corrected chi connectivity index (χ0v) is 13.4. The van der Waals surface area contributed by atoms with Crippen molar-refractivity contribution in [2.24, 2.45) is 0 Å². The monoisotopic (exact) mass is 320 g/mol. The van der Waals surface area contributed by atoms with Gasteiger partial charge in [0.2, 0.25) is 0 Å². The summed E-state index contributed by atoms with van der Waals surface area (Å²) in [5, 5.41) is 6.91. The van der Waals surface area contributed by atoms with E-state index in [-0.39, 0.29) is 5.25 Å². The summed E-state index contributed by atoms with van der Waals surface area (Å²) in [5.74, 6) is 0.773. The third-order valence-electron chi connectivity index (χ3n) is 4.07. The first-order valence-corrected chi connectivity index (χ1v) is 9.10. The van der Waals surface area contributed by atoms with Crippen molar-refractivity contribution < 1.29 is 12.9 Å². The van der Waals surface area contributed by atoms with Crippen molar-refractivity contribution in [2.45, 2.75) is 49.3 Å². The smallest absolute Gasteiger partial charge is 0.181 e. The molecule has 0 aliphatic heterocycles. The van der Waals surface area contributed by atoms with Gasteiger partial charge in [0.05, 0.1) is 16.7 Å². The van der Waals surface area contributed by atoms with Crippen molar-refractivity contribution in [3.05, 3.63) is 41.8 Å². The Kier molecular flexibility index (Phi) is 4.20. The first-order valence-electron chi connectivity index (χ1n) is 7.56. The SMILES string of the molecule is Cc1cc(CNc2ccc(S(=O)(=O)C3CCCC3)cc2)no1. The van der Waals surface area contributed by atoms with Gasteiger partial charge in [-0.3, -0.25) is 0 Å². The van der Waals surface area contributed by atoms with E-state index < -0.39 is 9.84 Å². The zero-order valence-electron chi connectivity index (χ0n) is 12.6. The van der Waals surface area contributed by atoms with Gasteiger partial charge < -0.3 is 9.84 Å². The lowest BCUT2D eigenvalue weighted by atomic mass is 10.3. The Morgan fingerprint density at radius 2 is 1.91 bits per heavy atom. The molecule has 1 aromatic heterocycles. The maximum atomic E-state index is 12.5. The molecule has 1 fully saturated rings. The molecule has 0 spiro atoms. The highest BCUT2D eigenvalue weighted by molar-refractivity contribution is 7.92.